The van der Waals surface area contributed by atoms with Crippen LogP contribution >= 0.6 is 11.3 Å². The molecule has 0 saturated carbocycles. The fourth-order valence-electron chi connectivity index (χ4n) is 1.65. The van der Waals surface area contributed by atoms with Crippen molar-refractivity contribution in [1.82, 2.24) is 14.7 Å². The topological polar surface area (TPSA) is 96.0 Å². The Balaban J connectivity index is 1.97. The monoisotopic (exact) mass is 315 g/mol. The van der Waals surface area contributed by atoms with Crippen LogP contribution in [-0.2, 0) is 10.0 Å². The van der Waals surface area contributed by atoms with Gasteiger partial charge in [0, 0.05) is 20.1 Å². The van der Waals surface area contributed by atoms with Crippen molar-refractivity contribution in [3.8, 4) is 0 Å². The van der Waals surface area contributed by atoms with E-state index in [2.05, 4.69) is 25.3 Å². The average Bonchev–Trinajstić information content (AvgIpc) is 2.84. The van der Waals surface area contributed by atoms with Crippen molar-refractivity contribution < 1.29 is 8.42 Å². The number of hydrogen-bond donors (Lipinski definition) is 3. The molecular weight excluding hydrogens is 298 g/mol. The molecule has 7 nitrogen and oxygen atoms in total. The third-order valence-electron chi connectivity index (χ3n) is 2.56. The van der Waals surface area contributed by atoms with Crippen LogP contribution in [0.1, 0.15) is 6.42 Å². The highest BCUT2D eigenvalue weighted by Crippen LogP contribution is 2.26. The zero-order valence-electron chi connectivity index (χ0n) is 11.3. The normalized spacial score (nSPS) is 11.7. The maximum atomic E-state index is 10.9. The Morgan fingerprint density at radius 1 is 1.30 bits per heavy atom. The first-order chi connectivity index (χ1) is 9.49. The Bertz CT molecular complexity index is 683. The van der Waals surface area contributed by atoms with E-state index in [0.29, 0.717) is 25.5 Å². The zero-order chi connectivity index (χ0) is 14.6. The molecule has 2 aromatic rings. The second-order valence-corrected chi connectivity index (χ2v) is 6.96. The van der Waals surface area contributed by atoms with Crippen LogP contribution in [0.2, 0.25) is 0 Å². The summed E-state index contributed by atoms with van der Waals surface area (Å²) in [5.41, 5.74) is 0. The number of nitrogens with one attached hydrogen (secondary N) is 3. The summed E-state index contributed by atoms with van der Waals surface area (Å²) in [6.07, 6.45) is 1.83. The SMILES string of the molecule is CNc1nc(NCCCNS(C)(=O)=O)c2ccsc2n1. The van der Waals surface area contributed by atoms with Crippen molar-refractivity contribution in [3.05, 3.63) is 11.4 Å². The van der Waals surface area contributed by atoms with E-state index in [4.69, 9.17) is 0 Å². The van der Waals surface area contributed by atoms with Crippen LogP contribution in [-0.4, -0.2) is 44.8 Å². The fourth-order valence-corrected chi connectivity index (χ4v) is 2.93. The summed E-state index contributed by atoms with van der Waals surface area (Å²) >= 11 is 1.56. The molecule has 0 aliphatic rings. The average molecular weight is 315 g/mol. The molecule has 0 atom stereocenters. The van der Waals surface area contributed by atoms with E-state index in [1.54, 1.807) is 18.4 Å². The number of nitrogens with zero attached hydrogens (tertiary/aromatic N) is 2. The number of sulfonamides is 1. The third kappa shape index (κ3) is 4.02. The van der Waals surface area contributed by atoms with Gasteiger partial charge in [0.05, 0.1) is 11.6 Å². The molecule has 0 amide bonds. The standard InChI is InChI=1S/C11H17N5O2S2/c1-12-11-15-9(8-4-7-19-10(8)16-11)13-5-3-6-14-20(2,17)18/h4,7,14H,3,5-6H2,1-2H3,(H2,12,13,15,16). The maximum absolute atomic E-state index is 10.9. The van der Waals surface area contributed by atoms with Gasteiger partial charge in [0.15, 0.2) is 0 Å². The van der Waals surface area contributed by atoms with Gasteiger partial charge >= 0.3 is 0 Å². The van der Waals surface area contributed by atoms with E-state index in [-0.39, 0.29) is 0 Å². The van der Waals surface area contributed by atoms with Crippen molar-refractivity contribution in [1.29, 1.82) is 0 Å². The smallest absolute Gasteiger partial charge is 0.225 e. The molecule has 9 heteroatoms. The van der Waals surface area contributed by atoms with Crippen molar-refractivity contribution in [3.63, 3.8) is 0 Å². The van der Waals surface area contributed by atoms with E-state index in [1.165, 1.54) is 0 Å². The Labute approximate surface area is 121 Å². The molecule has 0 aromatic carbocycles. The van der Waals surface area contributed by atoms with Gasteiger partial charge in [0.1, 0.15) is 10.6 Å². The van der Waals surface area contributed by atoms with E-state index in [9.17, 15) is 8.42 Å². The second kappa shape index (κ2) is 6.33. The molecule has 0 aliphatic carbocycles. The van der Waals surface area contributed by atoms with Crippen LogP contribution in [0.4, 0.5) is 11.8 Å². The molecule has 2 rings (SSSR count). The molecular formula is C11H17N5O2S2. The minimum absolute atomic E-state index is 0.405. The molecule has 110 valence electrons. The Morgan fingerprint density at radius 2 is 2.10 bits per heavy atom. The van der Waals surface area contributed by atoms with Gasteiger partial charge in [0.25, 0.3) is 0 Å². The van der Waals surface area contributed by atoms with Gasteiger partial charge in [-0.05, 0) is 17.9 Å². The molecule has 2 heterocycles. The lowest BCUT2D eigenvalue weighted by Crippen LogP contribution is -2.24. The van der Waals surface area contributed by atoms with Crippen molar-refractivity contribution in [2.24, 2.45) is 0 Å². The molecule has 0 unspecified atom stereocenters. The minimum atomic E-state index is -3.12. The van der Waals surface area contributed by atoms with Crippen LogP contribution in [0.15, 0.2) is 11.4 Å². The highest BCUT2D eigenvalue weighted by atomic mass is 32.2. The van der Waals surface area contributed by atoms with Crippen LogP contribution in [0, 0.1) is 0 Å². The highest BCUT2D eigenvalue weighted by Gasteiger charge is 2.07. The molecule has 0 saturated heterocycles. The van der Waals surface area contributed by atoms with Crippen LogP contribution in [0.25, 0.3) is 10.2 Å². The second-order valence-electron chi connectivity index (χ2n) is 4.23. The Morgan fingerprint density at radius 3 is 2.80 bits per heavy atom. The first-order valence-corrected chi connectivity index (χ1v) is 8.88. The van der Waals surface area contributed by atoms with Gasteiger partial charge in [-0.3, -0.25) is 0 Å². The Hall–Kier alpha value is -1.45. The molecule has 0 aliphatic heterocycles. The summed E-state index contributed by atoms with van der Waals surface area (Å²) in [4.78, 5) is 9.65. The summed E-state index contributed by atoms with van der Waals surface area (Å²) in [6, 6.07) is 1.97. The number of thiophene rings is 1. The lowest BCUT2D eigenvalue weighted by Gasteiger charge is -2.08. The van der Waals surface area contributed by atoms with E-state index in [0.717, 1.165) is 22.3 Å². The third-order valence-corrected chi connectivity index (χ3v) is 4.09. The van der Waals surface area contributed by atoms with Crippen molar-refractivity contribution in [2.75, 3.05) is 37.0 Å². The van der Waals surface area contributed by atoms with Crippen molar-refractivity contribution in [2.45, 2.75) is 6.42 Å². The Kier molecular flexibility index (Phi) is 4.73. The number of anilines is 2. The molecule has 20 heavy (non-hydrogen) atoms. The van der Waals surface area contributed by atoms with Crippen LogP contribution < -0.4 is 15.4 Å². The lowest BCUT2D eigenvalue weighted by molar-refractivity contribution is 0.586. The van der Waals surface area contributed by atoms with E-state index in [1.807, 2.05) is 11.4 Å². The summed E-state index contributed by atoms with van der Waals surface area (Å²) in [5.74, 6) is 1.33. The summed E-state index contributed by atoms with van der Waals surface area (Å²) < 4.78 is 24.3. The van der Waals surface area contributed by atoms with Gasteiger partial charge in [-0.2, -0.15) is 4.98 Å². The molecule has 3 N–H and O–H groups in total. The maximum Gasteiger partial charge on any atom is 0.225 e. The van der Waals surface area contributed by atoms with Gasteiger partial charge in [-0.25, -0.2) is 18.1 Å². The highest BCUT2D eigenvalue weighted by molar-refractivity contribution is 7.88. The van der Waals surface area contributed by atoms with Crippen molar-refractivity contribution >= 4 is 43.3 Å². The minimum Gasteiger partial charge on any atom is -0.369 e. The number of aromatic nitrogens is 2. The summed E-state index contributed by atoms with van der Waals surface area (Å²) in [5, 5.41) is 9.08. The first kappa shape index (κ1) is 14.9. The number of rotatable bonds is 7. The summed E-state index contributed by atoms with van der Waals surface area (Å²) in [7, 11) is -1.34. The number of fused-ring (bicyclic) bond motifs is 1. The van der Waals surface area contributed by atoms with Crippen LogP contribution in [0.5, 0.6) is 0 Å². The van der Waals surface area contributed by atoms with Crippen LogP contribution in [0.3, 0.4) is 0 Å². The van der Waals surface area contributed by atoms with Gasteiger partial charge in [-0.15, -0.1) is 11.3 Å². The quantitative estimate of drug-likeness (QED) is 0.662. The zero-order valence-corrected chi connectivity index (χ0v) is 12.9. The van der Waals surface area contributed by atoms with E-state index < -0.39 is 10.0 Å². The predicted octanol–water partition coefficient (Wildman–Crippen LogP) is 1.08. The van der Waals surface area contributed by atoms with Gasteiger partial charge in [0.2, 0.25) is 16.0 Å². The summed E-state index contributed by atoms with van der Waals surface area (Å²) in [6.45, 7) is 1.04. The van der Waals surface area contributed by atoms with Gasteiger partial charge < -0.3 is 10.6 Å². The fraction of sp³-hybridized carbons (Fsp3) is 0.455. The molecule has 0 radical (unpaired) electrons. The van der Waals surface area contributed by atoms with Gasteiger partial charge in [-0.1, -0.05) is 0 Å². The number of hydrogen-bond acceptors (Lipinski definition) is 7. The molecule has 0 spiro atoms. The predicted molar refractivity (Wildman–Crippen MR) is 82.9 cm³/mol. The lowest BCUT2D eigenvalue weighted by atomic mass is 10.3. The molecule has 0 bridgehead atoms. The molecule has 0 fully saturated rings. The first-order valence-electron chi connectivity index (χ1n) is 6.11. The van der Waals surface area contributed by atoms with E-state index >= 15 is 0 Å². The largest absolute Gasteiger partial charge is 0.369 e. The molecule has 2 aromatic heterocycles.